The molecule has 0 fully saturated rings. The zero-order valence-electron chi connectivity index (χ0n) is 11.1. The van der Waals surface area contributed by atoms with E-state index in [1.807, 2.05) is 17.5 Å². The molecule has 0 bridgehead atoms. The second-order valence-corrected chi connectivity index (χ2v) is 5.95. The highest BCUT2D eigenvalue weighted by atomic mass is 35.5. The molecule has 0 spiro atoms. The quantitative estimate of drug-likeness (QED) is 0.768. The SMILES string of the molecule is O=C(C[C@@H](NCc1cccs1)C(=O)O)c1ccc(Cl)cc1. The van der Waals surface area contributed by atoms with Crippen LogP contribution in [0.5, 0.6) is 0 Å². The molecular formula is C15H14ClNO3S. The Kier molecular flexibility index (Phi) is 5.50. The summed E-state index contributed by atoms with van der Waals surface area (Å²) in [5.41, 5.74) is 0.462. The Morgan fingerprint density at radius 3 is 2.52 bits per heavy atom. The van der Waals surface area contributed by atoms with Gasteiger partial charge in [-0.1, -0.05) is 17.7 Å². The summed E-state index contributed by atoms with van der Waals surface area (Å²) in [6.45, 7) is 0.433. The molecule has 1 aromatic heterocycles. The van der Waals surface area contributed by atoms with Gasteiger partial charge in [0.05, 0.1) is 0 Å². The Morgan fingerprint density at radius 2 is 1.95 bits per heavy atom. The molecule has 0 unspecified atom stereocenters. The Balaban J connectivity index is 1.97. The Hall–Kier alpha value is -1.69. The van der Waals surface area contributed by atoms with Crippen LogP contribution in [-0.2, 0) is 11.3 Å². The van der Waals surface area contributed by atoms with Gasteiger partial charge in [-0.05, 0) is 35.7 Å². The maximum absolute atomic E-state index is 12.1. The van der Waals surface area contributed by atoms with E-state index in [0.29, 0.717) is 17.1 Å². The number of Topliss-reactive ketones (excluding diaryl/α,β-unsaturated/α-hetero) is 1. The molecule has 2 rings (SSSR count). The van der Waals surface area contributed by atoms with Gasteiger partial charge in [-0.15, -0.1) is 11.3 Å². The summed E-state index contributed by atoms with van der Waals surface area (Å²) in [5.74, 6) is -1.26. The van der Waals surface area contributed by atoms with Gasteiger partial charge in [-0.25, -0.2) is 0 Å². The van der Waals surface area contributed by atoms with Crippen LogP contribution in [-0.4, -0.2) is 22.9 Å². The molecule has 2 N–H and O–H groups in total. The van der Waals surface area contributed by atoms with Crippen LogP contribution >= 0.6 is 22.9 Å². The van der Waals surface area contributed by atoms with Gasteiger partial charge in [0.15, 0.2) is 5.78 Å². The molecule has 0 aliphatic carbocycles. The van der Waals surface area contributed by atoms with Crippen LogP contribution in [0, 0.1) is 0 Å². The van der Waals surface area contributed by atoms with Gasteiger partial charge in [0.1, 0.15) is 6.04 Å². The minimum Gasteiger partial charge on any atom is -0.480 e. The lowest BCUT2D eigenvalue weighted by molar-refractivity contribution is -0.139. The summed E-state index contributed by atoms with van der Waals surface area (Å²) in [4.78, 5) is 24.4. The smallest absolute Gasteiger partial charge is 0.321 e. The number of benzene rings is 1. The normalized spacial score (nSPS) is 12.0. The van der Waals surface area contributed by atoms with Gasteiger partial charge in [0, 0.05) is 28.4 Å². The van der Waals surface area contributed by atoms with Gasteiger partial charge < -0.3 is 5.11 Å². The molecule has 1 atom stereocenters. The van der Waals surface area contributed by atoms with Gasteiger partial charge in [0.2, 0.25) is 0 Å². The van der Waals surface area contributed by atoms with Gasteiger partial charge in [0.25, 0.3) is 0 Å². The summed E-state index contributed by atoms with van der Waals surface area (Å²) < 4.78 is 0. The fourth-order valence-corrected chi connectivity index (χ4v) is 2.60. The van der Waals surface area contributed by atoms with Crippen molar-refractivity contribution in [2.24, 2.45) is 0 Å². The number of carbonyl (C=O) groups is 2. The number of nitrogens with one attached hydrogen (secondary N) is 1. The molecule has 0 aliphatic heterocycles. The zero-order valence-corrected chi connectivity index (χ0v) is 12.7. The van der Waals surface area contributed by atoms with Crippen LogP contribution in [0.15, 0.2) is 41.8 Å². The highest BCUT2D eigenvalue weighted by Crippen LogP contribution is 2.13. The first-order valence-corrected chi connectivity index (χ1v) is 7.59. The second-order valence-electron chi connectivity index (χ2n) is 4.49. The lowest BCUT2D eigenvalue weighted by Gasteiger charge is -2.13. The number of hydrogen-bond donors (Lipinski definition) is 2. The number of ketones is 1. The van der Waals surface area contributed by atoms with Gasteiger partial charge in [-0.3, -0.25) is 14.9 Å². The summed E-state index contributed by atoms with van der Waals surface area (Å²) in [7, 11) is 0. The molecule has 0 aliphatic rings. The van der Waals surface area contributed by atoms with Crippen molar-refractivity contribution in [3.8, 4) is 0 Å². The second kappa shape index (κ2) is 7.36. The van der Waals surface area contributed by atoms with E-state index in [1.165, 1.54) is 11.3 Å². The van der Waals surface area contributed by atoms with E-state index in [4.69, 9.17) is 11.6 Å². The fourth-order valence-electron chi connectivity index (χ4n) is 1.82. The Morgan fingerprint density at radius 1 is 1.24 bits per heavy atom. The number of rotatable bonds is 7. The van der Waals surface area contributed by atoms with Crippen molar-refractivity contribution in [2.45, 2.75) is 19.0 Å². The largest absolute Gasteiger partial charge is 0.480 e. The van der Waals surface area contributed by atoms with E-state index >= 15 is 0 Å². The third-order valence-electron chi connectivity index (χ3n) is 2.96. The summed E-state index contributed by atoms with van der Waals surface area (Å²) >= 11 is 7.30. The lowest BCUT2D eigenvalue weighted by atomic mass is 10.0. The number of carboxylic acids is 1. The first-order chi connectivity index (χ1) is 10.1. The van der Waals surface area contributed by atoms with E-state index in [9.17, 15) is 14.7 Å². The summed E-state index contributed by atoms with van der Waals surface area (Å²) in [6.07, 6.45) is -0.0949. The predicted octanol–water partition coefficient (Wildman–Crippen LogP) is 3.22. The van der Waals surface area contributed by atoms with Crippen LogP contribution in [0.1, 0.15) is 21.7 Å². The number of halogens is 1. The van der Waals surface area contributed by atoms with E-state index < -0.39 is 12.0 Å². The molecule has 1 aromatic carbocycles. The van der Waals surface area contributed by atoms with E-state index in [1.54, 1.807) is 24.3 Å². The van der Waals surface area contributed by atoms with Crippen LogP contribution in [0.3, 0.4) is 0 Å². The molecule has 0 saturated carbocycles. The van der Waals surface area contributed by atoms with Crippen LogP contribution < -0.4 is 5.32 Å². The maximum Gasteiger partial charge on any atom is 0.321 e. The molecule has 21 heavy (non-hydrogen) atoms. The molecule has 0 radical (unpaired) electrons. The number of thiophene rings is 1. The monoisotopic (exact) mass is 323 g/mol. The van der Waals surface area contributed by atoms with Crippen molar-refractivity contribution in [3.63, 3.8) is 0 Å². The number of carbonyl (C=O) groups excluding carboxylic acids is 1. The first-order valence-electron chi connectivity index (χ1n) is 6.33. The molecule has 1 heterocycles. The van der Waals surface area contributed by atoms with Crippen molar-refractivity contribution in [3.05, 3.63) is 57.2 Å². The first kappa shape index (κ1) is 15.7. The fraction of sp³-hybridized carbons (Fsp3) is 0.200. The van der Waals surface area contributed by atoms with Crippen molar-refractivity contribution in [1.82, 2.24) is 5.32 Å². The summed E-state index contributed by atoms with van der Waals surface area (Å²) in [5, 5.41) is 14.6. The third kappa shape index (κ3) is 4.67. The van der Waals surface area contributed by atoms with Crippen LogP contribution in [0.4, 0.5) is 0 Å². The highest BCUT2D eigenvalue weighted by molar-refractivity contribution is 7.09. The number of aliphatic carboxylic acids is 1. The Bertz CT molecular complexity index is 610. The lowest BCUT2D eigenvalue weighted by Crippen LogP contribution is -2.37. The van der Waals surface area contributed by atoms with Gasteiger partial charge >= 0.3 is 5.97 Å². The molecule has 0 amide bonds. The highest BCUT2D eigenvalue weighted by Gasteiger charge is 2.21. The average molecular weight is 324 g/mol. The van der Waals surface area contributed by atoms with Crippen molar-refractivity contribution >= 4 is 34.7 Å². The standard InChI is InChI=1S/C15H14ClNO3S/c16-11-5-3-10(4-6-11)14(18)8-13(15(19)20)17-9-12-2-1-7-21-12/h1-7,13,17H,8-9H2,(H,19,20)/t13-/m1/s1. The minimum atomic E-state index is -1.03. The minimum absolute atomic E-state index is 0.0949. The average Bonchev–Trinajstić information content (AvgIpc) is 2.96. The van der Waals surface area contributed by atoms with Crippen molar-refractivity contribution < 1.29 is 14.7 Å². The zero-order chi connectivity index (χ0) is 15.2. The van der Waals surface area contributed by atoms with E-state index in [0.717, 1.165) is 4.88 Å². The molecule has 6 heteroatoms. The van der Waals surface area contributed by atoms with Crippen LogP contribution in [0.25, 0.3) is 0 Å². The van der Waals surface area contributed by atoms with E-state index in [2.05, 4.69) is 5.32 Å². The molecule has 4 nitrogen and oxygen atoms in total. The van der Waals surface area contributed by atoms with Gasteiger partial charge in [-0.2, -0.15) is 0 Å². The number of hydrogen-bond acceptors (Lipinski definition) is 4. The molecule has 2 aromatic rings. The summed E-state index contributed by atoms with van der Waals surface area (Å²) in [6, 6.07) is 9.34. The molecule has 0 saturated heterocycles. The Labute approximate surface area is 131 Å². The van der Waals surface area contributed by atoms with Crippen LogP contribution in [0.2, 0.25) is 5.02 Å². The van der Waals surface area contributed by atoms with Crippen molar-refractivity contribution in [1.29, 1.82) is 0 Å². The molecule has 110 valence electrons. The maximum atomic E-state index is 12.1. The predicted molar refractivity (Wildman–Crippen MR) is 83.0 cm³/mol. The molecular weight excluding hydrogens is 310 g/mol. The van der Waals surface area contributed by atoms with Crippen molar-refractivity contribution in [2.75, 3.05) is 0 Å². The topological polar surface area (TPSA) is 66.4 Å². The van der Waals surface area contributed by atoms with E-state index in [-0.39, 0.29) is 12.2 Å². The third-order valence-corrected chi connectivity index (χ3v) is 4.08. The number of carboxylic acid groups (broad SMARTS) is 1.